The van der Waals surface area contributed by atoms with Gasteiger partial charge in [-0.05, 0) is 24.1 Å². The maximum Gasteiger partial charge on any atom is 0.416 e. The Morgan fingerprint density at radius 1 is 1.45 bits per heavy atom. The number of rotatable bonds is 5. The van der Waals surface area contributed by atoms with Gasteiger partial charge in [0.05, 0.1) is 12.1 Å². The molecule has 0 spiro atoms. The van der Waals surface area contributed by atoms with Gasteiger partial charge in [-0.1, -0.05) is 13.0 Å². The van der Waals surface area contributed by atoms with E-state index < -0.39 is 6.09 Å². The van der Waals surface area contributed by atoms with Crippen molar-refractivity contribution in [1.29, 1.82) is 0 Å². The van der Waals surface area contributed by atoms with Crippen LogP contribution in [0.3, 0.4) is 0 Å². The van der Waals surface area contributed by atoms with Crippen molar-refractivity contribution in [2.24, 2.45) is 11.7 Å². The number of hydrogen-bond acceptors (Lipinski definition) is 5. The summed E-state index contributed by atoms with van der Waals surface area (Å²) in [6.07, 6.45) is 1.84. The van der Waals surface area contributed by atoms with Crippen LogP contribution in [0.2, 0.25) is 0 Å². The maximum absolute atomic E-state index is 12.2. The standard InChI is InChI=1S/C20H21N5O4/c1-12(18(21)26)7-13-3-4-15-16(8-13)28-6-5-24-10-17(23-19(15)24)25-14(9-22-2)11-29-20(25)27/h3-4,8,10,12,14H,5-7,9,11H2,1H3,(H2,21,26)/t12-,14-/m1/s1. The van der Waals surface area contributed by atoms with Crippen LogP contribution in [-0.2, 0) is 22.5 Å². The Bertz CT molecular complexity index is 1010. The van der Waals surface area contributed by atoms with Crippen molar-refractivity contribution in [3.8, 4) is 17.1 Å². The molecule has 0 unspecified atom stereocenters. The number of nitrogens with two attached hydrogens (primary N) is 1. The van der Waals surface area contributed by atoms with Crippen LogP contribution in [0, 0.1) is 12.5 Å². The molecular formula is C20H21N5O4. The van der Waals surface area contributed by atoms with Gasteiger partial charge in [0.15, 0.2) is 5.82 Å². The highest BCUT2D eigenvalue weighted by Crippen LogP contribution is 2.35. The highest BCUT2D eigenvalue weighted by Gasteiger charge is 2.38. The van der Waals surface area contributed by atoms with E-state index in [4.69, 9.17) is 21.8 Å². The van der Waals surface area contributed by atoms with E-state index in [1.165, 1.54) is 4.90 Å². The van der Waals surface area contributed by atoms with Gasteiger partial charge in [-0.25, -0.2) is 21.3 Å². The first-order valence-corrected chi connectivity index (χ1v) is 9.39. The molecule has 3 heterocycles. The molecule has 29 heavy (non-hydrogen) atoms. The second kappa shape index (κ2) is 7.47. The Morgan fingerprint density at radius 2 is 2.28 bits per heavy atom. The number of carbonyl (C=O) groups is 2. The third kappa shape index (κ3) is 3.49. The molecule has 4 rings (SSSR count). The molecule has 0 aliphatic carbocycles. The van der Waals surface area contributed by atoms with Crippen molar-refractivity contribution < 1.29 is 19.1 Å². The first-order valence-electron chi connectivity index (χ1n) is 9.39. The van der Waals surface area contributed by atoms with Crippen LogP contribution >= 0.6 is 0 Å². The smallest absolute Gasteiger partial charge is 0.416 e. The summed E-state index contributed by atoms with van der Waals surface area (Å²) in [7, 11) is 0. The maximum atomic E-state index is 12.2. The van der Waals surface area contributed by atoms with Gasteiger partial charge in [0.1, 0.15) is 30.8 Å². The third-order valence-electron chi connectivity index (χ3n) is 5.18. The average Bonchev–Trinajstić information content (AvgIpc) is 3.21. The summed E-state index contributed by atoms with van der Waals surface area (Å²) in [6.45, 7) is 10.3. The molecule has 9 nitrogen and oxygen atoms in total. The van der Waals surface area contributed by atoms with E-state index in [0.29, 0.717) is 37.0 Å². The minimum atomic E-state index is -0.487. The highest BCUT2D eigenvalue weighted by atomic mass is 16.6. The fourth-order valence-corrected chi connectivity index (χ4v) is 3.59. The zero-order valence-corrected chi connectivity index (χ0v) is 16.0. The Labute approximate surface area is 167 Å². The summed E-state index contributed by atoms with van der Waals surface area (Å²) in [5, 5.41) is 0. The first-order chi connectivity index (χ1) is 14.0. The fourth-order valence-electron chi connectivity index (χ4n) is 3.59. The van der Waals surface area contributed by atoms with Gasteiger partial charge >= 0.3 is 6.09 Å². The lowest BCUT2D eigenvalue weighted by molar-refractivity contribution is -0.121. The van der Waals surface area contributed by atoms with Crippen LogP contribution in [-0.4, -0.2) is 47.4 Å². The molecule has 2 atom stereocenters. The molecule has 0 radical (unpaired) electrons. The Kier molecular flexibility index (Phi) is 4.84. The van der Waals surface area contributed by atoms with Crippen LogP contribution in [0.15, 0.2) is 24.4 Å². The molecule has 2 aromatic rings. The Balaban J connectivity index is 1.68. The zero-order valence-electron chi connectivity index (χ0n) is 16.0. The second-order valence-corrected chi connectivity index (χ2v) is 7.24. The SMILES string of the molecule is [C-]#[N+]C[C@@H]1COC(=O)N1c1cn2c(n1)-c1ccc(C[C@@H](C)C(N)=O)cc1OCC2. The Hall–Kier alpha value is -3.54. The summed E-state index contributed by atoms with van der Waals surface area (Å²) in [5.41, 5.74) is 7.13. The second-order valence-electron chi connectivity index (χ2n) is 7.24. The van der Waals surface area contributed by atoms with Gasteiger partial charge in [0.2, 0.25) is 12.5 Å². The van der Waals surface area contributed by atoms with E-state index in [2.05, 4.69) is 9.83 Å². The summed E-state index contributed by atoms with van der Waals surface area (Å²) < 4.78 is 12.9. The lowest BCUT2D eigenvalue weighted by Gasteiger charge is -2.14. The molecule has 150 valence electrons. The molecule has 2 N–H and O–H groups in total. The number of imidazole rings is 1. The molecule has 1 fully saturated rings. The van der Waals surface area contributed by atoms with Crippen LogP contribution < -0.4 is 15.4 Å². The van der Waals surface area contributed by atoms with Crippen LogP contribution in [0.4, 0.5) is 10.6 Å². The van der Waals surface area contributed by atoms with E-state index in [9.17, 15) is 9.59 Å². The van der Waals surface area contributed by atoms with Gasteiger partial charge in [0.25, 0.3) is 0 Å². The minimum Gasteiger partial charge on any atom is -0.491 e. The normalized spacial score (nSPS) is 18.7. The molecule has 1 aromatic carbocycles. The molecule has 0 saturated carbocycles. The van der Waals surface area contributed by atoms with E-state index in [1.807, 2.05) is 22.8 Å². The molecule has 1 aromatic heterocycles. The number of amides is 2. The van der Waals surface area contributed by atoms with Crippen molar-refractivity contribution in [1.82, 2.24) is 9.55 Å². The molecule has 2 amide bonds. The number of carbonyl (C=O) groups excluding carboxylic acids is 2. The summed E-state index contributed by atoms with van der Waals surface area (Å²) in [5.74, 6) is 1.22. The molecule has 2 aliphatic rings. The van der Waals surface area contributed by atoms with Crippen molar-refractivity contribution in [2.45, 2.75) is 25.9 Å². The van der Waals surface area contributed by atoms with Crippen molar-refractivity contribution in [3.05, 3.63) is 41.4 Å². The minimum absolute atomic E-state index is 0.162. The summed E-state index contributed by atoms with van der Waals surface area (Å²) >= 11 is 0. The topological polar surface area (TPSA) is 104 Å². The van der Waals surface area contributed by atoms with Crippen LogP contribution in [0.1, 0.15) is 12.5 Å². The number of cyclic esters (lactones) is 1. The Morgan fingerprint density at radius 3 is 3.03 bits per heavy atom. The lowest BCUT2D eigenvalue weighted by atomic mass is 9.99. The quantitative estimate of drug-likeness (QED) is 0.778. The summed E-state index contributed by atoms with van der Waals surface area (Å²) in [4.78, 5) is 33.0. The van der Waals surface area contributed by atoms with E-state index >= 15 is 0 Å². The van der Waals surface area contributed by atoms with Gasteiger partial charge in [-0.15, -0.1) is 0 Å². The molecule has 0 bridgehead atoms. The first kappa shape index (κ1) is 18.8. The van der Waals surface area contributed by atoms with Crippen LogP contribution in [0.25, 0.3) is 16.2 Å². The zero-order chi connectivity index (χ0) is 20.5. The number of benzene rings is 1. The number of anilines is 1. The number of nitrogens with zero attached hydrogens (tertiary/aromatic N) is 4. The summed E-state index contributed by atoms with van der Waals surface area (Å²) in [6, 6.07) is 5.40. The van der Waals surface area contributed by atoms with E-state index in [1.54, 1.807) is 13.1 Å². The third-order valence-corrected chi connectivity index (χ3v) is 5.18. The van der Waals surface area contributed by atoms with Crippen molar-refractivity contribution in [2.75, 3.05) is 24.7 Å². The van der Waals surface area contributed by atoms with Gasteiger partial charge in [0, 0.05) is 12.1 Å². The van der Waals surface area contributed by atoms with Crippen molar-refractivity contribution in [3.63, 3.8) is 0 Å². The molecular weight excluding hydrogens is 374 g/mol. The van der Waals surface area contributed by atoms with Crippen molar-refractivity contribution >= 4 is 17.8 Å². The van der Waals surface area contributed by atoms with Gasteiger partial charge in [-0.3, -0.25) is 4.79 Å². The largest absolute Gasteiger partial charge is 0.491 e. The molecule has 9 heteroatoms. The van der Waals surface area contributed by atoms with Gasteiger partial charge < -0.3 is 24.6 Å². The van der Waals surface area contributed by atoms with E-state index in [-0.39, 0.29) is 31.0 Å². The number of fused-ring (bicyclic) bond motifs is 3. The molecule has 1 saturated heterocycles. The monoisotopic (exact) mass is 395 g/mol. The molecule has 2 aliphatic heterocycles. The van der Waals surface area contributed by atoms with Gasteiger partial charge in [-0.2, -0.15) is 0 Å². The number of hydrogen-bond donors (Lipinski definition) is 1. The predicted molar refractivity (Wildman–Crippen MR) is 104 cm³/mol. The van der Waals surface area contributed by atoms with E-state index in [0.717, 1.165) is 11.1 Å². The average molecular weight is 395 g/mol. The number of primary amides is 1. The highest BCUT2D eigenvalue weighted by molar-refractivity contribution is 5.89. The lowest BCUT2D eigenvalue weighted by Crippen LogP contribution is -2.35. The van der Waals surface area contributed by atoms with Crippen LogP contribution in [0.5, 0.6) is 5.75 Å². The predicted octanol–water partition coefficient (Wildman–Crippen LogP) is 1.85. The number of ether oxygens (including phenoxy) is 2. The number of aromatic nitrogens is 2. The fraction of sp³-hybridized carbons (Fsp3) is 0.400.